The van der Waals surface area contributed by atoms with Crippen molar-refractivity contribution in [3.63, 3.8) is 0 Å². The zero-order chi connectivity index (χ0) is 11.5. The quantitative estimate of drug-likeness (QED) is 0.723. The van der Waals surface area contributed by atoms with Gasteiger partial charge in [-0.3, -0.25) is 0 Å². The molecule has 2 aromatic carbocycles. The Bertz CT molecular complexity index is 474. The minimum absolute atomic E-state index is 1.21. The topological polar surface area (TPSA) is 3.24 Å². The van der Waals surface area contributed by atoms with Crippen molar-refractivity contribution in [2.45, 2.75) is 13.8 Å². The fourth-order valence-electron chi connectivity index (χ4n) is 1.73. The molecule has 0 aliphatic heterocycles. The minimum Gasteiger partial charge on any atom is -0.345 e. The number of benzene rings is 2. The van der Waals surface area contributed by atoms with Gasteiger partial charge in [0.1, 0.15) is 0 Å². The Morgan fingerprint density at radius 2 is 1.44 bits per heavy atom. The number of para-hydroxylation sites is 1. The summed E-state index contributed by atoms with van der Waals surface area (Å²) in [4.78, 5) is 2.20. The molecule has 0 radical (unpaired) electrons. The fraction of sp³-hybridized carbons (Fsp3) is 0.200. The molecule has 0 saturated carbocycles. The third kappa shape index (κ3) is 2.08. The Morgan fingerprint density at radius 3 is 2.06 bits per heavy atom. The second kappa shape index (κ2) is 4.40. The van der Waals surface area contributed by atoms with Crippen LogP contribution in [0.3, 0.4) is 0 Å². The molecule has 0 amide bonds. The van der Waals surface area contributed by atoms with Gasteiger partial charge in [0.25, 0.3) is 0 Å². The van der Waals surface area contributed by atoms with E-state index < -0.39 is 0 Å². The van der Waals surface area contributed by atoms with E-state index in [4.69, 9.17) is 0 Å². The molecule has 0 spiro atoms. The molecular formula is C15H17N. The van der Waals surface area contributed by atoms with Crippen molar-refractivity contribution in [2.24, 2.45) is 0 Å². The summed E-state index contributed by atoms with van der Waals surface area (Å²) >= 11 is 0. The van der Waals surface area contributed by atoms with Gasteiger partial charge in [0.05, 0.1) is 0 Å². The first kappa shape index (κ1) is 10.7. The molecular weight excluding hydrogens is 194 g/mol. The van der Waals surface area contributed by atoms with Crippen molar-refractivity contribution in [2.75, 3.05) is 11.9 Å². The Labute approximate surface area is 97.3 Å². The fourth-order valence-corrected chi connectivity index (χ4v) is 1.73. The van der Waals surface area contributed by atoms with Gasteiger partial charge in [0.2, 0.25) is 0 Å². The molecule has 0 atom stereocenters. The maximum atomic E-state index is 2.22. The summed E-state index contributed by atoms with van der Waals surface area (Å²) in [6.07, 6.45) is 0. The zero-order valence-corrected chi connectivity index (χ0v) is 10.1. The lowest BCUT2D eigenvalue weighted by molar-refractivity contribution is 1.19. The Morgan fingerprint density at radius 1 is 0.750 bits per heavy atom. The van der Waals surface area contributed by atoms with Gasteiger partial charge in [-0.1, -0.05) is 24.3 Å². The van der Waals surface area contributed by atoms with Crippen LogP contribution in [0.5, 0.6) is 0 Å². The summed E-state index contributed by atoms with van der Waals surface area (Å²) in [5.74, 6) is 0. The third-order valence-electron chi connectivity index (χ3n) is 3.02. The number of anilines is 2. The van der Waals surface area contributed by atoms with Crippen molar-refractivity contribution in [3.05, 3.63) is 59.7 Å². The molecule has 0 N–H and O–H groups in total. The molecule has 0 saturated heterocycles. The van der Waals surface area contributed by atoms with Crippen LogP contribution in [-0.4, -0.2) is 7.05 Å². The molecule has 2 aromatic rings. The van der Waals surface area contributed by atoms with Crippen molar-refractivity contribution in [1.82, 2.24) is 0 Å². The van der Waals surface area contributed by atoms with Crippen LogP contribution < -0.4 is 4.90 Å². The maximum Gasteiger partial charge on any atom is 0.0410 e. The van der Waals surface area contributed by atoms with Gasteiger partial charge in [0.15, 0.2) is 0 Å². The normalized spacial score (nSPS) is 10.2. The maximum absolute atomic E-state index is 2.22. The summed E-state index contributed by atoms with van der Waals surface area (Å²) in [7, 11) is 2.10. The molecule has 0 unspecified atom stereocenters. The highest BCUT2D eigenvalue weighted by Gasteiger charge is 2.03. The van der Waals surface area contributed by atoms with E-state index in [0.29, 0.717) is 0 Å². The molecule has 0 heterocycles. The molecule has 0 fully saturated rings. The monoisotopic (exact) mass is 211 g/mol. The van der Waals surface area contributed by atoms with Crippen LogP contribution >= 0.6 is 0 Å². The number of rotatable bonds is 2. The Hall–Kier alpha value is -1.76. The van der Waals surface area contributed by atoms with E-state index in [1.165, 1.54) is 22.5 Å². The molecule has 1 nitrogen and oxygen atoms in total. The Balaban J connectivity index is 2.34. The predicted octanol–water partition coefficient (Wildman–Crippen LogP) is 4.07. The minimum atomic E-state index is 1.21. The first-order chi connectivity index (χ1) is 7.68. The van der Waals surface area contributed by atoms with E-state index in [-0.39, 0.29) is 0 Å². The lowest BCUT2D eigenvalue weighted by Gasteiger charge is -2.20. The van der Waals surface area contributed by atoms with Crippen molar-refractivity contribution in [3.8, 4) is 0 Å². The lowest BCUT2D eigenvalue weighted by atomic mass is 10.1. The largest absolute Gasteiger partial charge is 0.345 e. The second-order valence-corrected chi connectivity index (χ2v) is 4.16. The number of nitrogens with zero attached hydrogens (tertiary/aromatic N) is 1. The first-order valence-corrected chi connectivity index (χ1v) is 5.54. The van der Waals surface area contributed by atoms with Crippen LogP contribution in [0.15, 0.2) is 48.5 Å². The highest BCUT2D eigenvalue weighted by atomic mass is 15.1. The standard InChI is InChI=1S/C15H17N/c1-12-9-10-15(11-13(12)2)16(3)14-7-5-4-6-8-14/h4-11H,1-3H3. The van der Waals surface area contributed by atoms with E-state index in [0.717, 1.165) is 0 Å². The van der Waals surface area contributed by atoms with Gasteiger partial charge in [-0.15, -0.1) is 0 Å². The predicted molar refractivity (Wildman–Crippen MR) is 70.4 cm³/mol. The molecule has 0 bridgehead atoms. The van der Waals surface area contributed by atoms with E-state index in [9.17, 15) is 0 Å². The number of hydrogen-bond donors (Lipinski definition) is 0. The first-order valence-electron chi connectivity index (χ1n) is 5.54. The van der Waals surface area contributed by atoms with Crippen LogP contribution in [-0.2, 0) is 0 Å². The molecule has 0 aliphatic carbocycles. The van der Waals surface area contributed by atoms with Crippen molar-refractivity contribution >= 4 is 11.4 Å². The molecule has 16 heavy (non-hydrogen) atoms. The summed E-state index contributed by atoms with van der Waals surface area (Å²) < 4.78 is 0. The highest BCUT2D eigenvalue weighted by molar-refractivity contribution is 5.63. The van der Waals surface area contributed by atoms with Gasteiger partial charge in [0, 0.05) is 18.4 Å². The summed E-state index contributed by atoms with van der Waals surface area (Å²) in [5, 5.41) is 0. The average Bonchev–Trinajstić information content (AvgIpc) is 2.33. The summed E-state index contributed by atoms with van der Waals surface area (Å²) in [6.45, 7) is 4.29. The highest BCUT2D eigenvalue weighted by Crippen LogP contribution is 2.24. The van der Waals surface area contributed by atoms with Crippen LogP contribution in [0.2, 0.25) is 0 Å². The van der Waals surface area contributed by atoms with Crippen LogP contribution in [0.1, 0.15) is 11.1 Å². The van der Waals surface area contributed by atoms with Crippen molar-refractivity contribution in [1.29, 1.82) is 0 Å². The van der Waals surface area contributed by atoms with Crippen LogP contribution in [0.25, 0.3) is 0 Å². The smallest absolute Gasteiger partial charge is 0.0410 e. The van der Waals surface area contributed by atoms with E-state index in [2.05, 4.69) is 68.3 Å². The van der Waals surface area contributed by atoms with Gasteiger partial charge in [-0.2, -0.15) is 0 Å². The summed E-state index contributed by atoms with van der Waals surface area (Å²) in [5.41, 5.74) is 5.12. The molecule has 0 aliphatic rings. The molecule has 2 rings (SSSR count). The van der Waals surface area contributed by atoms with Gasteiger partial charge in [-0.05, 0) is 49.2 Å². The van der Waals surface area contributed by atoms with E-state index >= 15 is 0 Å². The molecule has 0 aromatic heterocycles. The van der Waals surface area contributed by atoms with Crippen LogP contribution in [0, 0.1) is 13.8 Å². The van der Waals surface area contributed by atoms with Crippen molar-refractivity contribution < 1.29 is 0 Å². The van der Waals surface area contributed by atoms with E-state index in [1.807, 2.05) is 6.07 Å². The SMILES string of the molecule is Cc1ccc(N(C)c2ccccc2)cc1C. The zero-order valence-electron chi connectivity index (χ0n) is 10.1. The summed E-state index contributed by atoms with van der Waals surface area (Å²) in [6, 6.07) is 17.0. The number of aryl methyl sites for hydroxylation is 2. The Kier molecular flexibility index (Phi) is 2.95. The molecule has 1 heteroatoms. The average molecular weight is 211 g/mol. The lowest BCUT2D eigenvalue weighted by Crippen LogP contribution is -2.09. The number of hydrogen-bond acceptors (Lipinski definition) is 1. The third-order valence-corrected chi connectivity index (χ3v) is 3.02. The second-order valence-electron chi connectivity index (χ2n) is 4.16. The van der Waals surface area contributed by atoms with Gasteiger partial charge >= 0.3 is 0 Å². The van der Waals surface area contributed by atoms with Crippen LogP contribution in [0.4, 0.5) is 11.4 Å². The van der Waals surface area contributed by atoms with Gasteiger partial charge in [-0.25, -0.2) is 0 Å². The molecule has 82 valence electrons. The van der Waals surface area contributed by atoms with Gasteiger partial charge < -0.3 is 4.90 Å². The van der Waals surface area contributed by atoms with E-state index in [1.54, 1.807) is 0 Å².